The monoisotopic (exact) mass is 364 g/mol. The van der Waals surface area contributed by atoms with Crippen LogP contribution in [0.1, 0.15) is 17.2 Å². The molecule has 3 heteroatoms. The zero-order chi connectivity index (χ0) is 15.9. The number of azo groups is 1. The number of halogens is 1. The molecule has 114 valence electrons. The molecular weight excluding hydrogens is 348 g/mol. The fraction of sp³-hybridized carbons (Fsp3) is 0.100. The van der Waals surface area contributed by atoms with Crippen LogP contribution in [0.15, 0.2) is 99.6 Å². The normalized spacial score (nSPS) is 12.4. The van der Waals surface area contributed by atoms with Crippen molar-refractivity contribution in [3.63, 3.8) is 0 Å². The van der Waals surface area contributed by atoms with E-state index in [-0.39, 0.29) is 6.04 Å². The summed E-state index contributed by atoms with van der Waals surface area (Å²) in [5.41, 5.74) is 3.28. The maximum Gasteiger partial charge on any atom is 0.100 e. The average Bonchev–Trinajstić information content (AvgIpc) is 2.61. The summed E-state index contributed by atoms with van der Waals surface area (Å²) in [7, 11) is 0. The van der Waals surface area contributed by atoms with Crippen LogP contribution in [0, 0.1) is 0 Å². The number of benzene rings is 3. The number of hydrogen-bond donors (Lipinski definition) is 0. The van der Waals surface area contributed by atoms with Gasteiger partial charge in [0.15, 0.2) is 0 Å². The summed E-state index contributed by atoms with van der Waals surface area (Å²) < 4.78 is 0.954. The van der Waals surface area contributed by atoms with Gasteiger partial charge in [-0.1, -0.05) is 72.8 Å². The van der Waals surface area contributed by atoms with Gasteiger partial charge in [-0.15, -0.1) is 0 Å². The Kier molecular flexibility index (Phi) is 5.33. The average molecular weight is 365 g/mol. The van der Waals surface area contributed by atoms with Crippen molar-refractivity contribution in [2.24, 2.45) is 10.2 Å². The molecule has 3 aromatic rings. The summed E-state index contributed by atoms with van der Waals surface area (Å²) in [4.78, 5) is 0. The highest BCUT2D eigenvalue weighted by atomic mass is 79.9. The predicted octanol–water partition coefficient (Wildman–Crippen LogP) is 6.52. The van der Waals surface area contributed by atoms with E-state index >= 15 is 0 Å². The van der Waals surface area contributed by atoms with Crippen LogP contribution in [0.4, 0.5) is 5.69 Å². The van der Waals surface area contributed by atoms with Gasteiger partial charge in [0.25, 0.3) is 0 Å². The summed E-state index contributed by atoms with van der Waals surface area (Å²) in [6.07, 6.45) is 0.832. The second-order valence-corrected chi connectivity index (χ2v) is 6.14. The lowest BCUT2D eigenvalue weighted by Crippen LogP contribution is -1.99. The smallest absolute Gasteiger partial charge is 0.100 e. The lowest BCUT2D eigenvalue weighted by Gasteiger charge is -2.12. The molecule has 0 aliphatic carbocycles. The molecule has 0 radical (unpaired) electrons. The Morgan fingerprint density at radius 3 is 2.04 bits per heavy atom. The summed E-state index contributed by atoms with van der Waals surface area (Å²) in [6.45, 7) is 0. The number of rotatable bonds is 5. The molecule has 0 fully saturated rings. The van der Waals surface area contributed by atoms with Crippen molar-refractivity contribution >= 4 is 21.6 Å². The Labute approximate surface area is 145 Å². The van der Waals surface area contributed by atoms with E-state index in [2.05, 4.69) is 62.6 Å². The van der Waals surface area contributed by atoms with Crippen molar-refractivity contribution < 1.29 is 0 Å². The Bertz CT molecular complexity index is 770. The number of nitrogens with zero attached hydrogens (tertiary/aromatic N) is 2. The van der Waals surface area contributed by atoms with Crippen molar-refractivity contribution in [2.75, 3.05) is 0 Å². The highest BCUT2D eigenvalue weighted by molar-refractivity contribution is 9.10. The standard InChI is InChI=1S/C20H17BrN2/c21-18-13-7-8-14-19(18)22-23-20(17-11-5-2-6-12-17)15-16-9-3-1-4-10-16/h1-14,20H,15H2. The maximum absolute atomic E-state index is 4.62. The molecule has 0 spiro atoms. The molecule has 1 unspecified atom stereocenters. The first-order valence-corrected chi connectivity index (χ1v) is 8.36. The largest absolute Gasteiger partial charge is 0.180 e. The molecular formula is C20H17BrN2. The summed E-state index contributed by atoms with van der Waals surface area (Å²) in [5.74, 6) is 0. The maximum atomic E-state index is 4.62. The molecule has 0 saturated carbocycles. The van der Waals surface area contributed by atoms with Crippen molar-refractivity contribution in [1.29, 1.82) is 0 Å². The van der Waals surface area contributed by atoms with E-state index in [9.17, 15) is 0 Å². The molecule has 1 atom stereocenters. The van der Waals surface area contributed by atoms with Crippen LogP contribution in [0.2, 0.25) is 0 Å². The van der Waals surface area contributed by atoms with Gasteiger partial charge in [0.05, 0.1) is 5.69 Å². The van der Waals surface area contributed by atoms with E-state index in [1.54, 1.807) is 0 Å². The molecule has 3 rings (SSSR count). The lowest BCUT2D eigenvalue weighted by molar-refractivity contribution is 0.684. The second-order valence-electron chi connectivity index (χ2n) is 5.28. The van der Waals surface area contributed by atoms with Crippen LogP contribution >= 0.6 is 15.9 Å². The SMILES string of the molecule is Brc1ccccc1N=NC(Cc1ccccc1)c1ccccc1. The van der Waals surface area contributed by atoms with E-state index < -0.39 is 0 Å². The van der Waals surface area contributed by atoms with Gasteiger partial charge in [0.1, 0.15) is 6.04 Å². The molecule has 0 aliphatic heterocycles. The lowest BCUT2D eigenvalue weighted by atomic mass is 10.00. The van der Waals surface area contributed by atoms with Crippen LogP contribution in [-0.2, 0) is 6.42 Å². The highest BCUT2D eigenvalue weighted by Gasteiger charge is 2.11. The molecule has 0 aromatic heterocycles. The first kappa shape index (κ1) is 15.6. The summed E-state index contributed by atoms with van der Waals surface area (Å²) >= 11 is 3.52. The minimum Gasteiger partial charge on any atom is -0.180 e. The van der Waals surface area contributed by atoms with E-state index in [4.69, 9.17) is 0 Å². The Morgan fingerprint density at radius 2 is 1.35 bits per heavy atom. The summed E-state index contributed by atoms with van der Waals surface area (Å²) in [5, 5.41) is 9.07. The molecule has 0 amide bonds. The number of hydrogen-bond acceptors (Lipinski definition) is 2. The molecule has 0 N–H and O–H groups in total. The molecule has 0 aliphatic rings. The Hall–Kier alpha value is -2.26. The van der Waals surface area contributed by atoms with Gasteiger partial charge in [-0.2, -0.15) is 10.2 Å². The van der Waals surface area contributed by atoms with E-state index in [0.29, 0.717) is 0 Å². The molecule has 0 heterocycles. The first-order valence-electron chi connectivity index (χ1n) is 7.57. The van der Waals surface area contributed by atoms with Gasteiger partial charge >= 0.3 is 0 Å². The van der Waals surface area contributed by atoms with Crippen molar-refractivity contribution in [3.05, 3.63) is 101 Å². The van der Waals surface area contributed by atoms with Gasteiger partial charge in [0, 0.05) is 10.9 Å². The first-order chi connectivity index (χ1) is 11.3. The van der Waals surface area contributed by atoms with Gasteiger partial charge in [0.2, 0.25) is 0 Å². The van der Waals surface area contributed by atoms with Gasteiger partial charge in [-0.25, -0.2) is 0 Å². The van der Waals surface area contributed by atoms with Gasteiger partial charge in [-0.05, 0) is 39.2 Å². The van der Waals surface area contributed by atoms with Gasteiger partial charge in [-0.3, -0.25) is 0 Å². The molecule has 2 nitrogen and oxygen atoms in total. The zero-order valence-electron chi connectivity index (χ0n) is 12.6. The predicted molar refractivity (Wildman–Crippen MR) is 98.0 cm³/mol. The molecule has 0 bridgehead atoms. The molecule has 23 heavy (non-hydrogen) atoms. The summed E-state index contributed by atoms with van der Waals surface area (Å²) in [6, 6.07) is 28.6. The van der Waals surface area contributed by atoms with Crippen LogP contribution in [0.25, 0.3) is 0 Å². The van der Waals surface area contributed by atoms with Gasteiger partial charge < -0.3 is 0 Å². The van der Waals surface area contributed by atoms with E-state index in [1.165, 1.54) is 11.1 Å². The topological polar surface area (TPSA) is 24.7 Å². The second kappa shape index (κ2) is 7.84. The van der Waals surface area contributed by atoms with Crippen molar-refractivity contribution in [1.82, 2.24) is 0 Å². The third kappa shape index (κ3) is 4.36. The minimum atomic E-state index is 0.00528. The zero-order valence-corrected chi connectivity index (χ0v) is 14.2. The van der Waals surface area contributed by atoms with Crippen molar-refractivity contribution in [3.8, 4) is 0 Å². The third-order valence-corrected chi connectivity index (χ3v) is 4.28. The molecule has 3 aromatic carbocycles. The van der Waals surface area contributed by atoms with Crippen LogP contribution < -0.4 is 0 Å². The Morgan fingerprint density at radius 1 is 0.739 bits per heavy atom. The fourth-order valence-electron chi connectivity index (χ4n) is 2.40. The Balaban J connectivity index is 1.88. The third-order valence-electron chi connectivity index (χ3n) is 3.61. The van der Waals surface area contributed by atoms with E-state index in [0.717, 1.165) is 16.6 Å². The van der Waals surface area contributed by atoms with Crippen LogP contribution in [0.3, 0.4) is 0 Å². The van der Waals surface area contributed by atoms with Crippen LogP contribution in [-0.4, -0.2) is 0 Å². The minimum absolute atomic E-state index is 0.00528. The van der Waals surface area contributed by atoms with Crippen molar-refractivity contribution in [2.45, 2.75) is 12.5 Å². The fourth-order valence-corrected chi connectivity index (χ4v) is 2.77. The quantitative estimate of drug-likeness (QED) is 0.460. The molecule has 0 saturated heterocycles. The highest BCUT2D eigenvalue weighted by Crippen LogP contribution is 2.28. The van der Waals surface area contributed by atoms with E-state index in [1.807, 2.05) is 48.5 Å². The van der Waals surface area contributed by atoms with Crippen LogP contribution in [0.5, 0.6) is 0 Å².